The first-order valence-corrected chi connectivity index (χ1v) is 8.72. The molecule has 1 saturated heterocycles. The Morgan fingerprint density at radius 2 is 2.15 bits per heavy atom. The van der Waals surface area contributed by atoms with Gasteiger partial charge in [-0.05, 0) is 55.3 Å². The average Bonchev–Trinajstić information content (AvgIpc) is 3.39. The minimum absolute atomic E-state index is 0.00194. The summed E-state index contributed by atoms with van der Waals surface area (Å²) in [6, 6.07) is 15.0. The molecule has 0 N–H and O–H groups in total. The lowest BCUT2D eigenvalue weighted by molar-refractivity contribution is 0.0720. The maximum Gasteiger partial charge on any atom is 0.254 e. The zero-order valence-corrected chi connectivity index (χ0v) is 14.6. The van der Waals surface area contributed by atoms with E-state index in [9.17, 15) is 4.79 Å². The lowest BCUT2D eigenvalue weighted by Gasteiger charge is -2.23. The molecule has 0 aliphatic carbocycles. The van der Waals surface area contributed by atoms with Gasteiger partial charge in [0, 0.05) is 23.9 Å². The van der Waals surface area contributed by atoms with Crippen LogP contribution in [0.3, 0.4) is 0 Å². The van der Waals surface area contributed by atoms with Crippen molar-refractivity contribution in [2.24, 2.45) is 0 Å². The highest BCUT2D eigenvalue weighted by molar-refractivity contribution is 5.96. The minimum Gasteiger partial charge on any atom is -0.496 e. The Kier molecular flexibility index (Phi) is 4.44. The minimum atomic E-state index is -0.00194. The van der Waals surface area contributed by atoms with Gasteiger partial charge in [0.2, 0.25) is 0 Å². The molecule has 1 fully saturated rings. The lowest BCUT2D eigenvalue weighted by Crippen LogP contribution is -2.30. The fraction of sp³-hybridized carbons (Fsp3) is 0.238. The van der Waals surface area contributed by atoms with Gasteiger partial charge < -0.3 is 14.1 Å². The quantitative estimate of drug-likeness (QED) is 0.704. The number of likely N-dealkylation sites (tertiary alicyclic amines) is 1. The highest BCUT2D eigenvalue weighted by Gasteiger charge is 2.32. The molecule has 4 rings (SSSR count). The fourth-order valence-electron chi connectivity index (χ4n) is 3.52. The van der Waals surface area contributed by atoms with Gasteiger partial charge in [0.1, 0.15) is 11.5 Å². The van der Waals surface area contributed by atoms with E-state index < -0.39 is 0 Å². The van der Waals surface area contributed by atoms with Crippen molar-refractivity contribution in [2.75, 3.05) is 13.7 Å². The van der Waals surface area contributed by atoms with E-state index in [4.69, 9.17) is 9.15 Å². The Bertz CT molecular complexity index is 891. The van der Waals surface area contributed by atoms with E-state index in [1.54, 1.807) is 19.6 Å². The van der Waals surface area contributed by atoms with Crippen LogP contribution in [-0.2, 0) is 0 Å². The summed E-state index contributed by atoms with van der Waals surface area (Å²) in [5, 5.41) is 0. The number of benzene rings is 1. The van der Waals surface area contributed by atoms with Crippen molar-refractivity contribution >= 4 is 5.91 Å². The largest absolute Gasteiger partial charge is 0.496 e. The molecular formula is C21H20N2O3. The van der Waals surface area contributed by atoms with Crippen molar-refractivity contribution in [3.8, 4) is 17.0 Å². The number of pyridine rings is 1. The predicted octanol–water partition coefficient (Wildman–Crippen LogP) is 4.33. The number of methoxy groups -OCH3 is 1. The summed E-state index contributed by atoms with van der Waals surface area (Å²) in [4.78, 5) is 19.4. The maximum absolute atomic E-state index is 13.2. The van der Waals surface area contributed by atoms with Crippen LogP contribution in [0.15, 0.2) is 65.4 Å². The van der Waals surface area contributed by atoms with Gasteiger partial charge >= 0.3 is 0 Å². The molecular weight excluding hydrogens is 328 g/mol. The number of rotatable bonds is 4. The van der Waals surface area contributed by atoms with Crippen LogP contribution >= 0.6 is 0 Å². The summed E-state index contributed by atoms with van der Waals surface area (Å²) in [6.07, 6.45) is 5.28. The number of hydrogen-bond acceptors (Lipinski definition) is 4. The van der Waals surface area contributed by atoms with Crippen molar-refractivity contribution in [1.29, 1.82) is 0 Å². The second-order valence-corrected chi connectivity index (χ2v) is 6.30. The summed E-state index contributed by atoms with van der Waals surface area (Å²) in [5.74, 6) is 1.54. The lowest BCUT2D eigenvalue weighted by atomic mass is 10.0. The summed E-state index contributed by atoms with van der Waals surface area (Å²) in [5.41, 5.74) is 2.22. The molecule has 1 aliphatic heterocycles. The molecule has 0 spiro atoms. The van der Waals surface area contributed by atoms with Gasteiger partial charge in [0.15, 0.2) is 0 Å². The third-order valence-electron chi connectivity index (χ3n) is 4.77. The monoisotopic (exact) mass is 348 g/mol. The van der Waals surface area contributed by atoms with Crippen LogP contribution in [0, 0.1) is 0 Å². The van der Waals surface area contributed by atoms with E-state index in [0.29, 0.717) is 11.3 Å². The van der Waals surface area contributed by atoms with Crippen molar-refractivity contribution < 1.29 is 13.9 Å². The van der Waals surface area contributed by atoms with Crippen LogP contribution in [-0.4, -0.2) is 29.4 Å². The van der Waals surface area contributed by atoms with E-state index in [1.807, 2.05) is 53.4 Å². The number of carbonyl (C=O) groups is 1. The van der Waals surface area contributed by atoms with Gasteiger partial charge in [-0.3, -0.25) is 9.78 Å². The van der Waals surface area contributed by atoms with Crippen molar-refractivity contribution in [3.63, 3.8) is 0 Å². The molecule has 5 nitrogen and oxygen atoms in total. The van der Waals surface area contributed by atoms with Crippen molar-refractivity contribution in [1.82, 2.24) is 9.88 Å². The Balaban J connectivity index is 1.68. The third-order valence-corrected chi connectivity index (χ3v) is 4.77. The summed E-state index contributed by atoms with van der Waals surface area (Å²) in [6.45, 7) is 0.731. The van der Waals surface area contributed by atoms with Gasteiger partial charge in [-0.1, -0.05) is 6.07 Å². The second kappa shape index (κ2) is 7.04. The molecule has 1 aliphatic rings. The Morgan fingerprint density at radius 1 is 1.23 bits per heavy atom. The topological polar surface area (TPSA) is 55.6 Å². The molecule has 1 amide bonds. The normalized spacial score (nSPS) is 16.7. The van der Waals surface area contributed by atoms with Gasteiger partial charge in [-0.25, -0.2) is 0 Å². The van der Waals surface area contributed by atoms with Crippen molar-refractivity contribution in [3.05, 3.63) is 72.3 Å². The molecule has 1 atom stereocenters. The molecule has 2 aromatic heterocycles. The summed E-state index contributed by atoms with van der Waals surface area (Å²) < 4.78 is 11.0. The first-order valence-electron chi connectivity index (χ1n) is 8.72. The molecule has 132 valence electrons. The van der Waals surface area contributed by atoms with Gasteiger partial charge in [0.05, 0.1) is 25.1 Å². The van der Waals surface area contributed by atoms with Gasteiger partial charge in [-0.15, -0.1) is 0 Å². The highest BCUT2D eigenvalue weighted by atomic mass is 16.5. The zero-order valence-electron chi connectivity index (χ0n) is 14.6. The summed E-state index contributed by atoms with van der Waals surface area (Å²) in [7, 11) is 1.62. The van der Waals surface area contributed by atoms with Crippen LogP contribution < -0.4 is 4.74 Å². The average molecular weight is 348 g/mol. The molecule has 0 saturated carbocycles. The molecule has 0 bridgehead atoms. The second-order valence-electron chi connectivity index (χ2n) is 6.30. The Labute approximate surface area is 152 Å². The number of furan rings is 1. The van der Waals surface area contributed by atoms with E-state index in [-0.39, 0.29) is 11.9 Å². The Hall–Kier alpha value is -3.08. The van der Waals surface area contributed by atoms with Gasteiger partial charge in [-0.2, -0.15) is 0 Å². The smallest absolute Gasteiger partial charge is 0.254 e. The van der Waals surface area contributed by atoms with Crippen LogP contribution in [0.25, 0.3) is 11.3 Å². The van der Waals surface area contributed by atoms with Crippen LogP contribution in [0.5, 0.6) is 5.75 Å². The number of carbonyl (C=O) groups excluding carboxylic acids is 1. The summed E-state index contributed by atoms with van der Waals surface area (Å²) >= 11 is 0. The van der Waals surface area contributed by atoms with E-state index >= 15 is 0 Å². The molecule has 0 radical (unpaired) electrons. The number of ether oxygens (including phenoxy) is 1. The van der Waals surface area contributed by atoms with Gasteiger partial charge in [0.25, 0.3) is 5.91 Å². The van der Waals surface area contributed by atoms with Crippen LogP contribution in [0.4, 0.5) is 0 Å². The SMILES string of the molecule is COc1ccc(C(=O)N2CCCC2c2ccco2)cc1-c1ccccn1. The maximum atomic E-state index is 13.2. The number of nitrogens with zero attached hydrogens (tertiary/aromatic N) is 2. The molecule has 26 heavy (non-hydrogen) atoms. The number of aromatic nitrogens is 1. The standard InChI is InChI=1S/C21H20N2O3/c1-25-19-10-9-15(14-16(19)17-6-2-3-11-22-17)21(24)23-12-4-7-18(23)20-8-5-13-26-20/h2-3,5-6,8-11,13-14,18H,4,7,12H2,1H3. The van der Waals surface area contributed by atoms with Crippen molar-refractivity contribution in [2.45, 2.75) is 18.9 Å². The molecule has 5 heteroatoms. The first kappa shape index (κ1) is 16.4. The zero-order chi connectivity index (χ0) is 17.9. The van der Waals surface area contributed by atoms with E-state index in [1.165, 1.54) is 0 Å². The molecule has 3 aromatic rings. The van der Waals surface area contributed by atoms with Crippen LogP contribution in [0.1, 0.15) is 35.0 Å². The molecule has 3 heterocycles. The van der Waals surface area contributed by atoms with Crippen LogP contribution in [0.2, 0.25) is 0 Å². The van der Waals surface area contributed by atoms with E-state index in [0.717, 1.165) is 36.4 Å². The molecule has 1 aromatic carbocycles. The Morgan fingerprint density at radius 3 is 2.88 bits per heavy atom. The number of hydrogen-bond donors (Lipinski definition) is 0. The molecule has 1 unspecified atom stereocenters. The highest BCUT2D eigenvalue weighted by Crippen LogP contribution is 2.35. The van der Waals surface area contributed by atoms with E-state index in [2.05, 4.69) is 4.98 Å². The number of amides is 1. The first-order chi connectivity index (χ1) is 12.8. The fourth-order valence-corrected chi connectivity index (χ4v) is 3.52. The third kappa shape index (κ3) is 2.96. The predicted molar refractivity (Wildman–Crippen MR) is 97.9 cm³/mol.